The molecule has 7 heteroatoms. The molecule has 0 fully saturated rings. The molecule has 158 valence electrons. The summed E-state index contributed by atoms with van der Waals surface area (Å²) in [5, 5.41) is 16.1. The lowest BCUT2D eigenvalue weighted by Crippen LogP contribution is -2.17. The molecule has 0 amide bonds. The molecule has 2 aromatic heterocycles. The predicted molar refractivity (Wildman–Crippen MR) is 126 cm³/mol. The van der Waals surface area contributed by atoms with Gasteiger partial charge in [-0.15, -0.1) is 0 Å². The van der Waals surface area contributed by atoms with Crippen LogP contribution in [-0.2, 0) is 7.05 Å². The third-order valence-corrected chi connectivity index (χ3v) is 5.70. The lowest BCUT2D eigenvalue weighted by molar-refractivity contribution is -0.384. The SMILES string of the molecule is Cc1ccccc1Nc1oc2c(c1-c1ccccc1[N+](=O)[O-])c(=O)n(C)c1ccccc21. The Hall–Kier alpha value is -4.39. The van der Waals surface area contributed by atoms with E-state index >= 15 is 0 Å². The van der Waals surface area contributed by atoms with Crippen LogP contribution in [0.15, 0.2) is 82.0 Å². The summed E-state index contributed by atoms with van der Waals surface area (Å²) in [7, 11) is 1.69. The van der Waals surface area contributed by atoms with Gasteiger partial charge < -0.3 is 14.3 Å². The number of aryl methyl sites for hydroxylation is 2. The van der Waals surface area contributed by atoms with Crippen molar-refractivity contribution < 1.29 is 9.34 Å². The van der Waals surface area contributed by atoms with Crippen LogP contribution in [0.1, 0.15) is 5.56 Å². The van der Waals surface area contributed by atoms with Gasteiger partial charge in [-0.2, -0.15) is 0 Å². The molecule has 5 aromatic rings. The third kappa shape index (κ3) is 2.94. The number of pyridine rings is 1. The standard InChI is InChI=1S/C25H19N3O4/c1-15-9-3-6-12-18(15)26-24-21(16-10-4-8-14-20(16)28(30)31)22-23(32-24)17-11-5-7-13-19(17)27(2)25(22)29/h3-14,26H,1-2H3. The molecule has 7 nitrogen and oxygen atoms in total. The molecule has 2 heterocycles. The molecular weight excluding hydrogens is 406 g/mol. The van der Waals surface area contributed by atoms with E-state index in [-0.39, 0.29) is 17.1 Å². The normalized spacial score (nSPS) is 11.2. The van der Waals surface area contributed by atoms with Crippen LogP contribution >= 0.6 is 0 Å². The highest BCUT2D eigenvalue weighted by atomic mass is 16.6. The minimum absolute atomic E-state index is 0.0988. The molecule has 1 N–H and O–H groups in total. The number of hydrogen-bond acceptors (Lipinski definition) is 5. The Morgan fingerprint density at radius 2 is 1.66 bits per heavy atom. The number of nitrogens with zero attached hydrogens (tertiary/aromatic N) is 2. The van der Waals surface area contributed by atoms with Gasteiger partial charge in [-0.25, -0.2) is 0 Å². The number of aromatic nitrogens is 1. The molecule has 0 spiro atoms. The van der Waals surface area contributed by atoms with Crippen LogP contribution in [0.4, 0.5) is 17.3 Å². The van der Waals surface area contributed by atoms with Crippen molar-refractivity contribution in [2.45, 2.75) is 6.92 Å². The van der Waals surface area contributed by atoms with E-state index < -0.39 is 4.92 Å². The Morgan fingerprint density at radius 3 is 2.44 bits per heavy atom. The second kappa shape index (κ2) is 7.39. The zero-order chi connectivity index (χ0) is 22.4. The minimum atomic E-state index is -0.447. The van der Waals surface area contributed by atoms with E-state index in [2.05, 4.69) is 5.32 Å². The Balaban J connectivity index is 1.93. The summed E-state index contributed by atoms with van der Waals surface area (Å²) < 4.78 is 7.79. The summed E-state index contributed by atoms with van der Waals surface area (Å²) in [6, 6.07) is 21.5. The molecule has 0 saturated heterocycles. The Morgan fingerprint density at radius 1 is 0.969 bits per heavy atom. The molecule has 0 radical (unpaired) electrons. The Bertz CT molecular complexity index is 1580. The van der Waals surface area contributed by atoms with Gasteiger partial charge in [0.05, 0.1) is 27.0 Å². The van der Waals surface area contributed by atoms with Crippen molar-refractivity contribution in [2.24, 2.45) is 7.05 Å². The molecule has 0 atom stereocenters. The third-order valence-electron chi connectivity index (χ3n) is 5.70. The number of benzene rings is 3. The zero-order valence-electron chi connectivity index (χ0n) is 17.5. The van der Waals surface area contributed by atoms with E-state index in [1.54, 1.807) is 29.8 Å². The number of rotatable bonds is 4. The fraction of sp³-hybridized carbons (Fsp3) is 0.0800. The predicted octanol–water partition coefficient (Wildman–Crippen LogP) is 5.91. The van der Waals surface area contributed by atoms with E-state index in [1.807, 2.05) is 55.5 Å². The second-order valence-corrected chi connectivity index (χ2v) is 7.61. The number of nitrogens with one attached hydrogen (secondary N) is 1. The first-order valence-corrected chi connectivity index (χ1v) is 10.1. The summed E-state index contributed by atoms with van der Waals surface area (Å²) in [4.78, 5) is 24.8. The fourth-order valence-corrected chi connectivity index (χ4v) is 4.08. The average Bonchev–Trinajstić information content (AvgIpc) is 3.18. The molecule has 0 bridgehead atoms. The molecule has 0 aliphatic carbocycles. The summed E-state index contributed by atoms with van der Waals surface area (Å²) in [5.74, 6) is 0.289. The van der Waals surface area contributed by atoms with Crippen LogP contribution in [0.3, 0.4) is 0 Å². The number of nitro groups is 1. The highest BCUT2D eigenvalue weighted by Crippen LogP contribution is 2.44. The number of para-hydroxylation sites is 3. The van der Waals surface area contributed by atoms with Gasteiger partial charge in [0.2, 0.25) is 5.88 Å². The van der Waals surface area contributed by atoms with Gasteiger partial charge in [0.25, 0.3) is 11.2 Å². The van der Waals surface area contributed by atoms with E-state index in [1.165, 1.54) is 6.07 Å². The van der Waals surface area contributed by atoms with Crippen LogP contribution in [0.2, 0.25) is 0 Å². The Labute approximate surface area is 182 Å². The van der Waals surface area contributed by atoms with Crippen LogP contribution in [0, 0.1) is 17.0 Å². The largest absolute Gasteiger partial charge is 0.439 e. The maximum absolute atomic E-state index is 13.5. The maximum Gasteiger partial charge on any atom is 0.277 e. The number of fused-ring (bicyclic) bond motifs is 3. The Kier molecular flexibility index (Phi) is 4.52. The van der Waals surface area contributed by atoms with Gasteiger partial charge >= 0.3 is 0 Å². The first-order valence-electron chi connectivity index (χ1n) is 10.1. The van der Waals surface area contributed by atoms with Gasteiger partial charge in [0.15, 0.2) is 5.58 Å². The lowest BCUT2D eigenvalue weighted by Gasteiger charge is -2.09. The van der Waals surface area contributed by atoms with E-state index in [4.69, 9.17) is 4.42 Å². The molecule has 0 aliphatic rings. The van der Waals surface area contributed by atoms with Gasteiger partial charge in [-0.1, -0.05) is 42.5 Å². The van der Waals surface area contributed by atoms with Crippen LogP contribution < -0.4 is 10.9 Å². The van der Waals surface area contributed by atoms with Crippen molar-refractivity contribution in [2.75, 3.05) is 5.32 Å². The molecule has 0 saturated carbocycles. The van der Waals surface area contributed by atoms with Gasteiger partial charge in [0.1, 0.15) is 0 Å². The molecule has 3 aromatic carbocycles. The monoisotopic (exact) mass is 425 g/mol. The van der Waals surface area contributed by atoms with Crippen molar-refractivity contribution in [1.29, 1.82) is 0 Å². The average molecular weight is 425 g/mol. The summed E-state index contributed by atoms with van der Waals surface area (Å²) in [6.45, 7) is 1.95. The molecule has 0 aliphatic heterocycles. The number of furan rings is 1. The number of anilines is 2. The molecule has 0 unspecified atom stereocenters. The lowest BCUT2D eigenvalue weighted by atomic mass is 10.0. The van der Waals surface area contributed by atoms with Crippen LogP contribution in [0.25, 0.3) is 33.0 Å². The van der Waals surface area contributed by atoms with E-state index in [0.717, 1.165) is 22.2 Å². The summed E-state index contributed by atoms with van der Waals surface area (Å²) in [5.41, 5.74) is 3.18. The van der Waals surface area contributed by atoms with E-state index in [0.29, 0.717) is 22.1 Å². The van der Waals surface area contributed by atoms with Gasteiger partial charge in [-0.3, -0.25) is 14.9 Å². The highest BCUT2D eigenvalue weighted by Gasteiger charge is 2.27. The van der Waals surface area contributed by atoms with Crippen LogP contribution in [-0.4, -0.2) is 9.49 Å². The van der Waals surface area contributed by atoms with Crippen molar-refractivity contribution in [3.63, 3.8) is 0 Å². The zero-order valence-corrected chi connectivity index (χ0v) is 17.5. The van der Waals surface area contributed by atoms with Crippen molar-refractivity contribution >= 4 is 39.1 Å². The van der Waals surface area contributed by atoms with Gasteiger partial charge in [0, 0.05) is 24.2 Å². The quantitative estimate of drug-likeness (QED) is 0.285. The second-order valence-electron chi connectivity index (χ2n) is 7.61. The fourth-order valence-electron chi connectivity index (χ4n) is 4.08. The molecule has 32 heavy (non-hydrogen) atoms. The van der Waals surface area contributed by atoms with Crippen LogP contribution in [0.5, 0.6) is 0 Å². The molecule has 5 rings (SSSR count). The number of nitro benzene ring substituents is 1. The first kappa shape index (κ1) is 19.6. The maximum atomic E-state index is 13.5. The summed E-state index contributed by atoms with van der Waals surface area (Å²) in [6.07, 6.45) is 0. The van der Waals surface area contributed by atoms with Crippen molar-refractivity contribution in [1.82, 2.24) is 4.57 Å². The number of hydrogen-bond donors (Lipinski definition) is 1. The summed E-state index contributed by atoms with van der Waals surface area (Å²) >= 11 is 0. The van der Waals surface area contributed by atoms with Gasteiger partial charge in [-0.05, 0) is 36.8 Å². The topological polar surface area (TPSA) is 90.3 Å². The minimum Gasteiger partial charge on any atom is -0.439 e. The first-order chi connectivity index (χ1) is 15.5. The van der Waals surface area contributed by atoms with E-state index in [9.17, 15) is 14.9 Å². The molecular formula is C25H19N3O4. The van der Waals surface area contributed by atoms with Crippen molar-refractivity contribution in [3.05, 3.63) is 98.8 Å². The smallest absolute Gasteiger partial charge is 0.277 e. The highest BCUT2D eigenvalue weighted by molar-refractivity contribution is 6.12. The van der Waals surface area contributed by atoms with Crippen molar-refractivity contribution in [3.8, 4) is 11.1 Å².